The number of carbonyl (C=O) groups excluding carboxylic acids is 2. The van der Waals surface area contributed by atoms with Crippen molar-refractivity contribution >= 4 is 50.7 Å². The molecule has 0 saturated carbocycles. The summed E-state index contributed by atoms with van der Waals surface area (Å²) in [5, 5.41) is 2.55. The van der Waals surface area contributed by atoms with Crippen molar-refractivity contribution in [2.45, 2.75) is 37.0 Å². The molecule has 0 spiro atoms. The van der Waals surface area contributed by atoms with Gasteiger partial charge in [-0.05, 0) is 60.5 Å². The molecule has 0 heterocycles. The fraction of sp³-hybridized carbons (Fsp3) is 0.212. The lowest BCUT2D eigenvalue weighted by Crippen LogP contribution is -2.53. The number of anilines is 1. The highest BCUT2D eigenvalue weighted by molar-refractivity contribution is 7.92. The van der Waals surface area contributed by atoms with Gasteiger partial charge in [-0.25, -0.2) is 8.42 Å². The van der Waals surface area contributed by atoms with E-state index in [1.807, 2.05) is 0 Å². The monoisotopic (exact) mass is 691 g/mol. The number of rotatable bonds is 12. The summed E-state index contributed by atoms with van der Waals surface area (Å²) >= 11 is 11.9. The third-order valence-electron chi connectivity index (χ3n) is 7.04. The molecule has 4 rings (SSSR count). The Morgan fingerprint density at radius 1 is 0.848 bits per heavy atom. The Morgan fingerprint density at radius 2 is 1.46 bits per heavy atom. The fourth-order valence-corrected chi connectivity index (χ4v) is 6.54. The number of benzene rings is 4. The summed E-state index contributed by atoms with van der Waals surface area (Å²) in [6.07, 6.45) is -4.82. The summed E-state index contributed by atoms with van der Waals surface area (Å²) in [7, 11) is -4.59. The molecule has 0 aliphatic carbocycles. The molecule has 0 aromatic heterocycles. The van der Waals surface area contributed by atoms with Gasteiger partial charge < -0.3 is 10.2 Å². The van der Waals surface area contributed by atoms with E-state index < -0.39 is 56.9 Å². The Bertz CT molecular complexity index is 1760. The number of hydrogen-bond acceptors (Lipinski definition) is 4. The van der Waals surface area contributed by atoms with Crippen molar-refractivity contribution in [2.24, 2.45) is 0 Å². The van der Waals surface area contributed by atoms with Gasteiger partial charge in [-0.2, -0.15) is 13.2 Å². The third-order valence-corrected chi connectivity index (χ3v) is 9.41. The number of nitrogens with one attached hydrogen (secondary N) is 1. The maximum absolute atomic E-state index is 14.3. The molecule has 0 aliphatic rings. The van der Waals surface area contributed by atoms with Gasteiger partial charge in [-0.1, -0.05) is 83.9 Å². The lowest BCUT2D eigenvalue weighted by Gasteiger charge is -2.34. The predicted molar refractivity (Wildman–Crippen MR) is 172 cm³/mol. The minimum atomic E-state index is -4.90. The summed E-state index contributed by atoms with van der Waals surface area (Å²) in [5.74, 6) is -1.32. The topological polar surface area (TPSA) is 86.8 Å². The number of hydrogen-bond donors (Lipinski definition) is 1. The largest absolute Gasteiger partial charge is 0.417 e. The molecule has 1 N–H and O–H groups in total. The van der Waals surface area contributed by atoms with Gasteiger partial charge in [0.15, 0.2) is 0 Å². The van der Waals surface area contributed by atoms with E-state index >= 15 is 0 Å². The molecule has 0 saturated heterocycles. The summed E-state index contributed by atoms with van der Waals surface area (Å²) in [4.78, 5) is 28.8. The number of likely N-dealkylation sites (N-methyl/N-ethyl adjacent to an activating group) is 1. The van der Waals surface area contributed by atoms with Gasteiger partial charge >= 0.3 is 6.18 Å². The maximum atomic E-state index is 14.3. The maximum Gasteiger partial charge on any atom is 0.417 e. The van der Waals surface area contributed by atoms with Crippen LogP contribution in [0.25, 0.3) is 0 Å². The Balaban J connectivity index is 1.84. The molecular formula is C33H30Cl2F3N3O4S. The van der Waals surface area contributed by atoms with Crippen molar-refractivity contribution < 1.29 is 31.2 Å². The van der Waals surface area contributed by atoms with Gasteiger partial charge in [0.2, 0.25) is 11.8 Å². The highest BCUT2D eigenvalue weighted by atomic mass is 35.5. The molecular weight excluding hydrogens is 662 g/mol. The zero-order chi connectivity index (χ0) is 33.5. The van der Waals surface area contributed by atoms with Crippen LogP contribution < -0.4 is 9.62 Å². The standard InChI is InChI=1S/C33H30Cl2F3N3O4S/c1-2-39-32(43)30(19-23-9-5-3-6-10-23)40(21-24-13-15-25(34)16-14-24)31(42)22-41(46(44,45)27-11-7-4-8-12-27)26-17-18-29(35)28(20-26)33(36,37)38/h3-18,20,30H,2,19,21-22H2,1H3,(H,39,43). The van der Waals surface area contributed by atoms with Crippen LogP contribution in [0.3, 0.4) is 0 Å². The van der Waals surface area contributed by atoms with Crippen LogP contribution in [0.5, 0.6) is 0 Å². The van der Waals surface area contributed by atoms with Crippen LogP contribution in [0.2, 0.25) is 10.0 Å². The lowest BCUT2D eigenvalue weighted by atomic mass is 10.0. The zero-order valence-corrected chi connectivity index (χ0v) is 26.9. The van der Waals surface area contributed by atoms with Gasteiger partial charge in [0, 0.05) is 24.5 Å². The highest BCUT2D eigenvalue weighted by Gasteiger charge is 2.37. The van der Waals surface area contributed by atoms with E-state index in [1.165, 1.54) is 29.2 Å². The molecule has 1 atom stereocenters. The Morgan fingerprint density at radius 3 is 2.04 bits per heavy atom. The van der Waals surface area contributed by atoms with Crippen molar-refractivity contribution in [2.75, 3.05) is 17.4 Å². The van der Waals surface area contributed by atoms with Gasteiger partial charge in [0.1, 0.15) is 12.6 Å². The average Bonchev–Trinajstić information content (AvgIpc) is 3.03. The van der Waals surface area contributed by atoms with E-state index in [1.54, 1.807) is 67.6 Å². The van der Waals surface area contributed by atoms with Crippen LogP contribution in [-0.4, -0.2) is 44.3 Å². The van der Waals surface area contributed by atoms with Crippen molar-refractivity contribution in [3.63, 3.8) is 0 Å². The van der Waals surface area contributed by atoms with Crippen molar-refractivity contribution in [1.29, 1.82) is 0 Å². The molecule has 4 aromatic carbocycles. The number of halogens is 5. The molecule has 242 valence electrons. The Kier molecular flexibility index (Phi) is 11.4. The van der Waals surface area contributed by atoms with E-state index in [0.717, 1.165) is 17.7 Å². The molecule has 4 aromatic rings. The Hall–Kier alpha value is -4.06. The normalized spacial score (nSPS) is 12.3. The first-order valence-corrected chi connectivity index (χ1v) is 16.3. The minimum Gasteiger partial charge on any atom is -0.355 e. The quantitative estimate of drug-likeness (QED) is 0.174. The second kappa shape index (κ2) is 15.0. The van der Waals surface area contributed by atoms with Gasteiger partial charge in [0.05, 0.1) is 21.2 Å². The lowest BCUT2D eigenvalue weighted by molar-refractivity contribution is -0.140. The first-order valence-electron chi connectivity index (χ1n) is 14.1. The van der Waals surface area contributed by atoms with Crippen LogP contribution in [-0.2, 0) is 38.8 Å². The third kappa shape index (κ3) is 8.60. The van der Waals surface area contributed by atoms with Crippen molar-refractivity contribution in [3.05, 3.63) is 130 Å². The SMILES string of the molecule is CCNC(=O)C(Cc1ccccc1)N(Cc1ccc(Cl)cc1)C(=O)CN(c1ccc(Cl)c(C(F)(F)F)c1)S(=O)(=O)c1ccccc1. The summed E-state index contributed by atoms with van der Waals surface area (Å²) in [6, 6.07) is 24.0. The van der Waals surface area contributed by atoms with E-state index in [0.29, 0.717) is 21.0 Å². The molecule has 13 heteroatoms. The summed E-state index contributed by atoms with van der Waals surface area (Å²) < 4.78 is 70.2. The van der Waals surface area contributed by atoms with E-state index in [-0.39, 0.29) is 24.4 Å². The first-order chi connectivity index (χ1) is 21.8. The molecule has 1 unspecified atom stereocenters. The fourth-order valence-electron chi connectivity index (χ4n) is 4.77. The molecule has 0 fully saturated rings. The number of alkyl halides is 3. The molecule has 0 bridgehead atoms. The van der Waals surface area contributed by atoms with Crippen LogP contribution in [0.1, 0.15) is 23.6 Å². The minimum absolute atomic E-state index is 0.0800. The first kappa shape index (κ1) is 34.8. The van der Waals surface area contributed by atoms with Gasteiger partial charge in [0.25, 0.3) is 10.0 Å². The highest BCUT2D eigenvalue weighted by Crippen LogP contribution is 2.38. The average molecular weight is 693 g/mol. The second-order valence-electron chi connectivity index (χ2n) is 10.2. The predicted octanol–water partition coefficient (Wildman–Crippen LogP) is 6.98. The molecule has 0 radical (unpaired) electrons. The van der Waals surface area contributed by atoms with Crippen LogP contribution >= 0.6 is 23.2 Å². The summed E-state index contributed by atoms with van der Waals surface area (Å²) in [6.45, 7) is 0.926. The number of sulfonamides is 1. The van der Waals surface area contributed by atoms with E-state index in [4.69, 9.17) is 23.2 Å². The second-order valence-corrected chi connectivity index (χ2v) is 12.9. The zero-order valence-electron chi connectivity index (χ0n) is 24.5. The van der Waals surface area contributed by atoms with E-state index in [2.05, 4.69) is 5.32 Å². The van der Waals surface area contributed by atoms with Crippen LogP contribution in [0.15, 0.2) is 108 Å². The van der Waals surface area contributed by atoms with Crippen molar-refractivity contribution in [1.82, 2.24) is 10.2 Å². The number of amides is 2. The molecule has 7 nitrogen and oxygen atoms in total. The van der Waals surface area contributed by atoms with Gasteiger partial charge in [-0.15, -0.1) is 0 Å². The summed E-state index contributed by atoms with van der Waals surface area (Å²) in [5.41, 5.74) is -0.384. The molecule has 2 amide bonds. The Labute approximate surface area is 275 Å². The molecule has 0 aliphatic heterocycles. The molecule has 46 heavy (non-hydrogen) atoms. The van der Waals surface area contributed by atoms with E-state index in [9.17, 15) is 31.2 Å². The van der Waals surface area contributed by atoms with Crippen LogP contribution in [0.4, 0.5) is 18.9 Å². The smallest absolute Gasteiger partial charge is 0.355 e. The van der Waals surface area contributed by atoms with Crippen molar-refractivity contribution in [3.8, 4) is 0 Å². The number of carbonyl (C=O) groups is 2. The van der Waals surface area contributed by atoms with Gasteiger partial charge in [-0.3, -0.25) is 13.9 Å². The number of nitrogens with zero attached hydrogens (tertiary/aromatic N) is 2. The van der Waals surface area contributed by atoms with Crippen LogP contribution in [0, 0.1) is 0 Å².